The molecule has 0 atom stereocenters. The van der Waals surface area contributed by atoms with Crippen molar-refractivity contribution in [2.24, 2.45) is 0 Å². The van der Waals surface area contributed by atoms with Crippen LogP contribution >= 0.6 is 27.7 Å². The first kappa shape index (κ1) is 12.4. The molecular weight excluding hydrogens is 330 g/mol. The molecule has 0 bridgehead atoms. The second-order valence-electron chi connectivity index (χ2n) is 4.12. The van der Waals surface area contributed by atoms with Gasteiger partial charge < -0.3 is 10.2 Å². The van der Waals surface area contributed by atoms with Crippen LogP contribution in [0.3, 0.4) is 0 Å². The van der Waals surface area contributed by atoms with Crippen LogP contribution in [0.15, 0.2) is 27.6 Å². The molecule has 1 aromatic carbocycles. The van der Waals surface area contributed by atoms with Crippen LogP contribution in [-0.4, -0.2) is 24.0 Å². The van der Waals surface area contributed by atoms with E-state index in [1.54, 1.807) is 7.05 Å². The van der Waals surface area contributed by atoms with E-state index in [0.29, 0.717) is 16.0 Å². The molecule has 1 saturated heterocycles. The van der Waals surface area contributed by atoms with Crippen molar-refractivity contribution in [1.82, 2.24) is 5.32 Å². The second kappa shape index (κ2) is 4.21. The highest BCUT2D eigenvalue weighted by atomic mass is 79.9. The van der Waals surface area contributed by atoms with Gasteiger partial charge in [0.25, 0.3) is 11.8 Å². The van der Waals surface area contributed by atoms with Gasteiger partial charge in [0.05, 0.1) is 16.2 Å². The zero-order chi connectivity index (χ0) is 13.7. The summed E-state index contributed by atoms with van der Waals surface area (Å²) in [6, 6.07) is 5.49. The van der Waals surface area contributed by atoms with Gasteiger partial charge in [-0.25, -0.2) is 0 Å². The summed E-state index contributed by atoms with van der Waals surface area (Å²) in [7, 11) is 1.67. The Kier molecular flexibility index (Phi) is 2.75. The molecule has 0 saturated carbocycles. The average molecular weight is 338 g/mol. The fraction of sp³-hybridized carbons (Fsp3) is 0.0833. The summed E-state index contributed by atoms with van der Waals surface area (Å²) >= 11 is 4.35. The third kappa shape index (κ3) is 1.81. The number of thioether (sulfide) groups is 1. The van der Waals surface area contributed by atoms with Crippen molar-refractivity contribution in [1.29, 1.82) is 5.41 Å². The van der Waals surface area contributed by atoms with E-state index in [0.717, 1.165) is 21.9 Å². The van der Waals surface area contributed by atoms with Gasteiger partial charge in [0.15, 0.2) is 5.17 Å². The minimum Gasteiger partial charge on any atom is -0.311 e. The lowest BCUT2D eigenvalue weighted by atomic mass is 10.1. The number of hydrogen-bond donors (Lipinski definition) is 2. The number of nitrogens with one attached hydrogen (secondary N) is 2. The maximum atomic E-state index is 12.3. The lowest BCUT2D eigenvalue weighted by molar-refractivity contribution is -0.116. The van der Waals surface area contributed by atoms with Gasteiger partial charge >= 0.3 is 0 Å². The van der Waals surface area contributed by atoms with Crippen LogP contribution in [-0.2, 0) is 9.59 Å². The summed E-state index contributed by atoms with van der Waals surface area (Å²) < 4.78 is 0.839. The van der Waals surface area contributed by atoms with Crippen molar-refractivity contribution >= 4 is 55.9 Å². The summed E-state index contributed by atoms with van der Waals surface area (Å²) in [5.41, 5.74) is 1.85. The van der Waals surface area contributed by atoms with Crippen molar-refractivity contribution in [2.75, 3.05) is 11.9 Å². The van der Waals surface area contributed by atoms with E-state index in [4.69, 9.17) is 5.41 Å². The number of benzene rings is 1. The van der Waals surface area contributed by atoms with E-state index < -0.39 is 0 Å². The number of amidine groups is 1. The Balaban J connectivity index is 2.27. The minimum atomic E-state index is -0.389. The topological polar surface area (TPSA) is 73.3 Å². The lowest BCUT2D eigenvalue weighted by Crippen LogP contribution is -2.22. The predicted molar refractivity (Wildman–Crippen MR) is 77.9 cm³/mol. The Morgan fingerprint density at radius 1 is 1.37 bits per heavy atom. The zero-order valence-corrected chi connectivity index (χ0v) is 12.2. The molecule has 2 aliphatic heterocycles. The maximum Gasteiger partial charge on any atom is 0.264 e. The molecule has 0 spiro atoms. The first-order chi connectivity index (χ1) is 8.99. The third-order valence-electron chi connectivity index (χ3n) is 2.97. The lowest BCUT2D eigenvalue weighted by Gasteiger charge is -2.08. The molecule has 3 rings (SSSR count). The first-order valence-electron chi connectivity index (χ1n) is 5.39. The molecule has 0 radical (unpaired) electrons. The number of rotatable bonds is 0. The number of likely N-dealkylation sites (N-methyl/N-ethyl adjacent to an activating group) is 1. The van der Waals surface area contributed by atoms with E-state index in [1.807, 2.05) is 18.2 Å². The summed E-state index contributed by atoms with van der Waals surface area (Å²) in [4.78, 5) is 25.9. The Labute approximate surface area is 121 Å². The van der Waals surface area contributed by atoms with Gasteiger partial charge in [-0.3, -0.25) is 15.0 Å². The Morgan fingerprint density at radius 2 is 2.11 bits per heavy atom. The third-order valence-corrected chi connectivity index (χ3v) is 4.37. The standard InChI is InChI=1S/C12H8BrN3O2S/c1-16-7-3-2-5(13)4-6(7)8(11(16)18)9-10(17)15-12(14)19-9/h2-4H,1H3,(H2,14,15,17)/b9-8-. The summed E-state index contributed by atoms with van der Waals surface area (Å²) in [5, 5.41) is 9.92. The summed E-state index contributed by atoms with van der Waals surface area (Å²) in [6.07, 6.45) is 0. The second-order valence-corrected chi connectivity index (χ2v) is 6.05. The Morgan fingerprint density at radius 3 is 2.74 bits per heavy atom. The number of amides is 2. The van der Waals surface area contributed by atoms with Gasteiger partial charge in [0.2, 0.25) is 0 Å². The smallest absolute Gasteiger partial charge is 0.264 e. The molecular formula is C12H8BrN3O2S. The van der Waals surface area contributed by atoms with Gasteiger partial charge in [-0.1, -0.05) is 15.9 Å². The molecule has 5 nitrogen and oxygen atoms in total. The maximum absolute atomic E-state index is 12.3. The number of carbonyl (C=O) groups excluding carboxylic acids is 2. The molecule has 2 heterocycles. The van der Waals surface area contributed by atoms with Gasteiger partial charge in [0, 0.05) is 17.1 Å². The largest absolute Gasteiger partial charge is 0.311 e. The predicted octanol–water partition coefficient (Wildman–Crippen LogP) is 1.93. The summed E-state index contributed by atoms with van der Waals surface area (Å²) in [5.74, 6) is -0.611. The van der Waals surface area contributed by atoms with Crippen LogP contribution in [0.2, 0.25) is 0 Å². The molecule has 0 aliphatic carbocycles. The highest BCUT2D eigenvalue weighted by Gasteiger charge is 2.37. The fourth-order valence-corrected chi connectivity index (χ4v) is 3.26. The minimum absolute atomic E-state index is 0.0476. The first-order valence-corrected chi connectivity index (χ1v) is 7.00. The van der Waals surface area contributed by atoms with Crippen molar-refractivity contribution in [3.05, 3.63) is 33.1 Å². The van der Waals surface area contributed by atoms with Crippen LogP contribution in [0.5, 0.6) is 0 Å². The molecule has 1 aromatic rings. The van der Waals surface area contributed by atoms with E-state index in [9.17, 15) is 9.59 Å². The molecule has 7 heteroatoms. The molecule has 2 N–H and O–H groups in total. The Hall–Kier alpha value is -1.60. The number of anilines is 1. The van der Waals surface area contributed by atoms with Crippen LogP contribution in [0.1, 0.15) is 5.56 Å². The van der Waals surface area contributed by atoms with Gasteiger partial charge in [-0.15, -0.1) is 0 Å². The highest BCUT2D eigenvalue weighted by Crippen LogP contribution is 2.42. The number of carbonyl (C=O) groups is 2. The van der Waals surface area contributed by atoms with Crippen molar-refractivity contribution in [3.63, 3.8) is 0 Å². The monoisotopic (exact) mass is 337 g/mol. The van der Waals surface area contributed by atoms with Crippen molar-refractivity contribution in [2.45, 2.75) is 0 Å². The highest BCUT2D eigenvalue weighted by molar-refractivity contribution is 9.10. The van der Waals surface area contributed by atoms with E-state index >= 15 is 0 Å². The molecule has 0 aromatic heterocycles. The van der Waals surface area contributed by atoms with Gasteiger partial charge in [-0.05, 0) is 30.0 Å². The van der Waals surface area contributed by atoms with Gasteiger partial charge in [-0.2, -0.15) is 0 Å². The average Bonchev–Trinajstić information content (AvgIpc) is 2.78. The molecule has 1 fully saturated rings. The molecule has 19 heavy (non-hydrogen) atoms. The van der Waals surface area contributed by atoms with E-state index in [-0.39, 0.29) is 17.0 Å². The van der Waals surface area contributed by atoms with Gasteiger partial charge in [0.1, 0.15) is 0 Å². The zero-order valence-electron chi connectivity index (χ0n) is 9.78. The fourth-order valence-electron chi connectivity index (χ4n) is 2.11. The quantitative estimate of drug-likeness (QED) is 0.710. The number of halogens is 1. The SMILES string of the molecule is CN1C(=O)/C(=C2\SC(=N)NC2=O)c2cc(Br)ccc21. The van der Waals surface area contributed by atoms with E-state index in [2.05, 4.69) is 21.2 Å². The van der Waals surface area contributed by atoms with Crippen LogP contribution in [0.4, 0.5) is 5.69 Å². The van der Waals surface area contributed by atoms with Crippen LogP contribution < -0.4 is 10.2 Å². The van der Waals surface area contributed by atoms with Crippen LogP contribution in [0, 0.1) is 5.41 Å². The molecule has 2 aliphatic rings. The number of hydrogen-bond acceptors (Lipinski definition) is 4. The van der Waals surface area contributed by atoms with E-state index in [1.165, 1.54) is 4.90 Å². The normalized spacial score (nSPS) is 22.0. The number of nitrogens with zero attached hydrogens (tertiary/aromatic N) is 1. The summed E-state index contributed by atoms with van der Waals surface area (Å²) in [6.45, 7) is 0. The number of fused-ring (bicyclic) bond motifs is 1. The molecule has 0 unspecified atom stereocenters. The molecule has 2 amide bonds. The van der Waals surface area contributed by atoms with Crippen LogP contribution in [0.25, 0.3) is 5.57 Å². The van der Waals surface area contributed by atoms with Crippen molar-refractivity contribution < 1.29 is 9.59 Å². The Bertz CT molecular complexity index is 684. The molecule has 96 valence electrons. The van der Waals surface area contributed by atoms with Crippen molar-refractivity contribution in [3.8, 4) is 0 Å².